The second-order valence-electron chi connectivity index (χ2n) is 4.23. The van der Waals surface area contributed by atoms with Crippen LogP contribution in [0.15, 0.2) is 30.3 Å². The van der Waals surface area contributed by atoms with Gasteiger partial charge in [0.15, 0.2) is 11.6 Å². The number of rotatable bonds is 3. The van der Waals surface area contributed by atoms with Gasteiger partial charge in [-0.15, -0.1) is 0 Å². The zero-order chi connectivity index (χ0) is 12.4. The Bertz CT molecular complexity index is 535. The van der Waals surface area contributed by atoms with Crippen molar-refractivity contribution in [3.63, 3.8) is 0 Å². The van der Waals surface area contributed by atoms with Crippen molar-refractivity contribution in [2.45, 2.75) is 19.8 Å². The van der Waals surface area contributed by atoms with Gasteiger partial charge in [-0.1, -0.05) is 38.1 Å². The van der Waals surface area contributed by atoms with Gasteiger partial charge >= 0.3 is 0 Å². The van der Waals surface area contributed by atoms with Gasteiger partial charge in [0, 0.05) is 5.39 Å². The Kier molecular flexibility index (Phi) is 3.27. The summed E-state index contributed by atoms with van der Waals surface area (Å²) >= 11 is 0. The Balaban J connectivity index is 2.79. The van der Waals surface area contributed by atoms with Crippen molar-refractivity contribution < 1.29 is 13.5 Å². The van der Waals surface area contributed by atoms with E-state index in [1.807, 2.05) is 32.0 Å². The minimum Gasteiger partial charge on any atom is -0.459 e. The van der Waals surface area contributed by atoms with Crippen LogP contribution in [0, 0.1) is 5.82 Å². The number of halogens is 2. The Labute approximate surface area is 99.0 Å². The first-order valence-corrected chi connectivity index (χ1v) is 5.55. The van der Waals surface area contributed by atoms with Crippen LogP contribution in [-0.4, -0.2) is 6.86 Å². The molecular weight excluding hydrogens is 222 g/mol. The third-order valence-corrected chi connectivity index (χ3v) is 2.80. The molecule has 0 atom stereocenters. The SMILES string of the molecule is CC(C)c1cccc2ccc(F)c(OCF)c12. The summed E-state index contributed by atoms with van der Waals surface area (Å²) in [6.07, 6.45) is 0. The lowest BCUT2D eigenvalue weighted by atomic mass is 9.95. The van der Waals surface area contributed by atoms with E-state index in [1.165, 1.54) is 6.07 Å². The molecule has 0 saturated carbocycles. The van der Waals surface area contributed by atoms with E-state index in [2.05, 4.69) is 0 Å². The van der Waals surface area contributed by atoms with Gasteiger partial charge in [0.05, 0.1) is 0 Å². The van der Waals surface area contributed by atoms with E-state index in [-0.39, 0.29) is 11.7 Å². The molecule has 3 heteroatoms. The molecule has 0 radical (unpaired) electrons. The lowest BCUT2D eigenvalue weighted by Gasteiger charge is -2.14. The minimum absolute atomic E-state index is 0.00861. The van der Waals surface area contributed by atoms with Gasteiger partial charge in [-0.3, -0.25) is 0 Å². The molecule has 17 heavy (non-hydrogen) atoms. The molecule has 0 aliphatic carbocycles. The largest absolute Gasteiger partial charge is 0.459 e. The average molecular weight is 236 g/mol. The van der Waals surface area contributed by atoms with Crippen molar-refractivity contribution in [2.24, 2.45) is 0 Å². The fourth-order valence-corrected chi connectivity index (χ4v) is 2.02. The first kappa shape index (κ1) is 11.8. The Hall–Kier alpha value is -1.64. The summed E-state index contributed by atoms with van der Waals surface area (Å²) in [4.78, 5) is 0. The quantitative estimate of drug-likeness (QED) is 0.767. The molecular formula is C14H14F2O. The Morgan fingerprint density at radius 1 is 1.18 bits per heavy atom. The minimum atomic E-state index is -1.03. The topological polar surface area (TPSA) is 9.23 Å². The summed E-state index contributed by atoms with van der Waals surface area (Å²) in [7, 11) is 0. The molecule has 90 valence electrons. The molecule has 2 rings (SSSR count). The van der Waals surface area contributed by atoms with E-state index in [9.17, 15) is 8.78 Å². The van der Waals surface area contributed by atoms with Crippen molar-refractivity contribution in [3.05, 3.63) is 41.7 Å². The van der Waals surface area contributed by atoms with Gasteiger partial charge < -0.3 is 4.74 Å². The molecule has 0 amide bonds. The van der Waals surface area contributed by atoms with Gasteiger partial charge in [-0.25, -0.2) is 8.78 Å². The molecule has 0 spiro atoms. The predicted octanol–water partition coefficient (Wildman–Crippen LogP) is 4.41. The summed E-state index contributed by atoms with van der Waals surface area (Å²) in [6, 6.07) is 8.68. The predicted molar refractivity (Wildman–Crippen MR) is 64.6 cm³/mol. The Morgan fingerprint density at radius 3 is 2.59 bits per heavy atom. The summed E-state index contributed by atoms with van der Waals surface area (Å²) in [6.45, 7) is 3.00. The molecule has 0 unspecified atom stereocenters. The van der Waals surface area contributed by atoms with Gasteiger partial charge in [0.2, 0.25) is 6.86 Å². The van der Waals surface area contributed by atoms with E-state index < -0.39 is 12.7 Å². The maximum atomic E-state index is 13.7. The normalized spacial score (nSPS) is 11.1. The highest BCUT2D eigenvalue weighted by Crippen LogP contribution is 2.35. The first-order valence-electron chi connectivity index (χ1n) is 5.55. The zero-order valence-corrected chi connectivity index (χ0v) is 9.84. The summed E-state index contributed by atoms with van der Waals surface area (Å²) < 4.78 is 30.8. The third-order valence-electron chi connectivity index (χ3n) is 2.80. The van der Waals surface area contributed by atoms with Crippen LogP contribution in [0.5, 0.6) is 5.75 Å². The molecule has 0 N–H and O–H groups in total. The molecule has 0 aliphatic rings. The highest BCUT2D eigenvalue weighted by Gasteiger charge is 2.14. The van der Waals surface area contributed by atoms with Gasteiger partial charge in [-0.05, 0) is 22.9 Å². The van der Waals surface area contributed by atoms with Crippen LogP contribution in [0.1, 0.15) is 25.3 Å². The number of ether oxygens (including phenoxy) is 1. The van der Waals surface area contributed by atoms with Crippen molar-refractivity contribution in [3.8, 4) is 5.75 Å². The maximum Gasteiger partial charge on any atom is 0.228 e. The second-order valence-corrected chi connectivity index (χ2v) is 4.23. The van der Waals surface area contributed by atoms with Gasteiger partial charge in [0.25, 0.3) is 0 Å². The lowest BCUT2D eigenvalue weighted by molar-refractivity contribution is 0.186. The fraction of sp³-hybridized carbons (Fsp3) is 0.286. The molecule has 0 aliphatic heterocycles. The smallest absolute Gasteiger partial charge is 0.228 e. The van der Waals surface area contributed by atoms with Crippen LogP contribution in [0.3, 0.4) is 0 Å². The van der Waals surface area contributed by atoms with Gasteiger partial charge in [0.1, 0.15) is 0 Å². The van der Waals surface area contributed by atoms with Crippen molar-refractivity contribution in [2.75, 3.05) is 6.86 Å². The van der Waals surface area contributed by atoms with Crippen molar-refractivity contribution in [1.82, 2.24) is 0 Å². The van der Waals surface area contributed by atoms with Gasteiger partial charge in [-0.2, -0.15) is 0 Å². The van der Waals surface area contributed by atoms with Crippen molar-refractivity contribution in [1.29, 1.82) is 0 Å². The number of hydrogen-bond acceptors (Lipinski definition) is 1. The van der Waals surface area contributed by atoms with E-state index in [1.54, 1.807) is 6.07 Å². The van der Waals surface area contributed by atoms with Crippen LogP contribution in [0.25, 0.3) is 10.8 Å². The summed E-state index contributed by atoms with van der Waals surface area (Å²) in [5.74, 6) is -0.292. The van der Waals surface area contributed by atoms with Crippen LogP contribution >= 0.6 is 0 Å². The number of fused-ring (bicyclic) bond motifs is 1. The van der Waals surface area contributed by atoms with Crippen LogP contribution in [0.2, 0.25) is 0 Å². The van der Waals surface area contributed by atoms with Crippen LogP contribution < -0.4 is 4.74 Å². The molecule has 0 bridgehead atoms. The number of alkyl halides is 1. The lowest BCUT2D eigenvalue weighted by Crippen LogP contribution is -1.98. The highest BCUT2D eigenvalue weighted by molar-refractivity contribution is 5.92. The van der Waals surface area contributed by atoms with Crippen LogP contribution in [0.4, 0.5) is 8.78 Å². The molecule has 2 aromatic carbocycles. The van der Waals surface area contributed by atoms with E-state index in [0.717, 1.165) is 10.9 Å². The summed E-state index contributed by atoms with van der Waals surface area (Å²) in [5.41, 5.74) is 0.963. The molecule has 0 saturated heterocycles. The molecule has 2 aromatic rings. The molecule has 0 heterocycles. The molecule has 1 nitrogen and oxygen atoms in total. The third kappa shape index (κ3) is 2.09. The van der Waals surface area contributed by atoms with E-state index in [4.69, 9.17) is 4.74 Å². The fourth-order valence-electron chi connectivity index (χ4n) is 2.02. The standard InChI is InChI=1S/C14H14F2O/c1-9(2)11-5-3-4-10-6-7-12(16)14(13(10)11)17-8-15/h3-7,9H,8H2,1-2H3. The second kappa shape index (κ2) is 4.70. The van der Waals surface area contributed by atoms with E-state index in [0.29, 0.717) is 5.39 Å². The van der Waals surface area contributed by atoms with E-state index >= 15 is 0 Å². The number of benzene rings is 2. The Morgan fingerprint density at radius 2 is 1.94 bits per heavy atom. The van der Waals surface area contributed by atoms with Crippen molar-refractivity contribution >= 4 is 10.8 Å². The maximum absolute atomic E-state index is 13.7. The monoisotopic (exact) mass is 236 g/mol. The molecule has 0 fully saturated rings. The zero-order valence-electron chi connectivity index (χ0n) is 9.84. The highest BCUT2D eigenvalue weighted by atomic mass is 19.1. The average Bonchev–Trinajstić information content (AvgIpc) is 2.32. The number of hydrogen-bond donors (Lipinski definition) is 0. The molecule has 0 aromatic heterocycles. The van der Waals surface area contributed by atoms with Crippen LogP contribution in [-0.2, 0) is 0 Å². The summed E-state index contributed by atoms with van der Waals surface area (Å²) in [5, 5.41) is 1.53. The first-order chi connectivity index (χ1) is 8.15.